The molecule has 0 radical (unpaired) electrons. The summed E-state index contributed by atoms with van der Waals surface area (Å²) in [4.78, 5) is 72.0. The monoisotopic (exact) mass is 546 g/mol. The van der Waals surface area contributed by atoms with Crippen molar-refractivity contribution in [2.45, 2.75) is 103 Å². The number of carbonyl (C=O) groups excluding carboxylic acids is 6. The molecule has 6 atom stereocenters. The molecule has 0 saturated carbocycles. The molecule has 0 unspecified atom stereocenters. The topological polar surface area (TPSA) is 182 Å². The first-order chi connectivity index (χ1) is 17.5. The van der Waals surface area contributed by atoms with Gasteiger partial charge in [0.05, 0.1) is 19.3 Å². The minimum Gasteiger partial charge on any atom is -0.467 e. The number of amides is 2. The molecule has 1 saturated heterocycles. The van der Waals surface area contributed by atoms with Crippen LogP contribution in [0.5, 0.6) is 0 Å². The third-order valence-electron chi connectivity index (χ3n) is 5.14. The standard InChI is InChI=1S/C24H38N2O12/c1-12(27)25-19-17(10-9-16(22(31)33-8)26-23(32)38-24(5,6)7)37-18(11-34-13(2)28)20(35-14(3)29)21(19)36-15(4)30/h16-21H,9-11H2,1-8H3,(H,25,27)(H,26,32)/t16-,17+,18-,19+,20-,21-/m1/s1. The molecule has 2 amide bonds. The van der Waals surface area contributed by atoms with Crippen molar-refractivity contribution in [1.82, 2.24) is 10.6 Å². The molecule has 1 aliphatic heterocycles. The van der Waals surface area contributed by atoms with Gasteiger partial charge in [-0.2, -0.15) is 0 Å². The van der Waals surface area contributed by atoms with Crippen molar-refractivity contribution in [2.75, 3.05) is 13.7 Å². The Balaban J connectivity index is 3.31. The van der Waals surface area contributed by atoms with Crippen LogP contribution in [0.2, 0.25) is 0 Å². The normalized spacial score (nSPS) is 23.7. The Morgan fingerprint density at radius 1 is 0.868 bits per heavy atom. The van der Waals surface area contributed by atoms with Gasteiger partial charge in [-0.25, -0.2) is 9.59 Å². The molecule has 38 heavy (non-hydrogen) atoms. The molecule has 1 aliphatic rings. The maximum Gasteiger partial charge on any atom is 0.408 e. The summed E-state index contributed by atoms with van der Waals surface area (Å²) < 4.78 is 31.9. The van der Waals surface area contributed by atoms with E-state index in [1.54, 1.807) is 20.8 Å². The Morgan fingerprint density at radius 2 is 1.45 bits per heavy atom. The maximum atomic E-state index is 12.4. The summed E-state index contributed by atoms with van der Waals surface area (Å²) in [5.41, 5.74) is -0.819. The van der Waals surface area contributed by atoms with E-state index in [4.69, 9.17) is 28.4 Å². The predicted octanol–water partition coefficient (Wildman–Crippen LogP) is 0.532. The van der Waals surface area contributed by atoms with Crippen LogP contribution >= 0.6 is 0 Å². The van der Waals surface area contributed by atoms with E-state index in [1.165, 1.54) is 13.8 Å². The number of carbonyl (C=O) groups is 6. The average molecular weight is 547 g/mol. The van der Waals surface area contributed by atoms with Gasteiger partial charge in [0.2, 0.25) is 5.91 Å². The number of hydrogen-bond donors (Lipinski definition) is 2. The summed E-state index contributed by atoms with van der Waals surface area (Å²) in [6.45, 7) is 9.30. The van der Waals surface area contributed by atoms with Crippen molar-refractivity contribution < 1.29 is 57.2 Å². The number of esters is 4. The van der Waals surface area contributed by atoms with Crippen LogP contribution in [0.25, 0.3) is 0 Å². The van der Waals surface area contributed by atoms with E-state index in [2.05, 4.69) is 10.6 Å². The lowest BCUT2D eigenvalue weighted by molar-refractivity contribution is -0.224. The number of alkyl carbamates (subject to hydrolysis) is 1. The Labute approximate surface area is 221 Å². The van der Waals surface area contributed by atoms with Gasteiger partial charge >= 0.3 is 30.0 Å². The zero-order valence-corrected chi connectivity index (χ0v) is 23.0. The molecule has 0 bridgehead atoms. The molecule has 0 aromatic rings. The molecule has 14 nitrogen and oxygen atoms in total. The van der Waals surface area contributed by atoms with E-state index >= 15 is 0 Å². The number of ether oxygens (including phenoxy) is 6. The van der Waals surface area contributed by atoms with Gasteiger partial charge in [-0.15, -0.1) is 0 Å². The molecule has 0 aromatic heterocycles. The zero-order chi connectivity index (χ0) is 29.2. The van der Waals surface area contributed by atoms with E-state index in [0.717, 1.165) is 21.0 Å². The molecule has 1 heterocycles. The van der Waals surface area contributed by atoms with Crippen LogP contribution in [0.15, 0.2) is 0 Å². The van der Waals surface area contributed by atoms with Crippen LogP contribution in [0, 0.1) is 0 Å². The third-order valence-corrected chi connectivity index (χ3v) is 5.14. The van der Waals surface area contributed by atoms with Gasteiger partial charge < -0.3 is 39.1 Å². The minimum absolute atomic E-state index is 0.0155. The lowest BCUT2D eigenvalue weighted by Crippen LogP contribution is -2.66. The van der Waals surface area contributed by atoms with E-state index < -0.39 is 78.0 Å². The highest BCUT2D eigenvalue weighted by Gasteiger charge is 2.50. The highest BCUT2D eigenvalue weighted by molar-refractivity contribution is 5.81. The maximum absolute atomic E-state index is 12.4. The Bertz CT molecular complexity index is 884. The van der Waals surface area contributed by atoms with Crippen molar-refractivity contribution in [3.05, 3.63) is 0 Å². The molecule has 0 spiro atoms. The fraction of sp³-hybridized carbons (Fsp3) is 0.750. The van der Waals surface area contributed by atoms with Gasteiger partial charge in [-0.05, 0) is 33.6 Å². The first-order valence-electron chi connectivity index (χ1n) is 12.0. The predicted molar refractivity (Wildman–Crippen MR) is 128 cm³/mol. The third kappa shape index (κ3) is 11.3. The van der Waals surface area contributed by atoms with E-state index in [0.29, 0.717) is 0 Å². The van der Waals surface area contributed by atoms with Gasteiger partial charge in [0.1, 0.15) is 24.4 Å². The first kappa shape index (κ1) is 32.6. The molecule has 0 aliphatic carbocycles. The fourth-order valence-electron chi connectivity index (χ4n) is 3.84. The fourth-order valence-corrected chi connectivity index (χ4v) is 3.84. The molecular formula is C24H38N2O12. The van der Waals surface area contributed by atoms with Crippen molar-refractivity contribution in [1.29, 1.82) is 0 Å². The molecule has 14 heteroatoms. The summed E-state index contributed by atoms with van der Waals surface area (Å²) in [6, 6.07) is -2.18. The van der Waals surface area contributed by atoms with Gasteiger partial charge in [-0.1, -0.05) is 0 Å². The first-order valence-corrected chi connectivity index (χ1v) is 12.0. The van der Waals surface area contributed by atoms with Gasteiger partial charge in [0, 0.05) is 27.7 Å². The molecule has 0 aromatic carbocycles. The van der Waals surface area contributed by atoms with Gasteiger partial charge in [0.15, 0.2) is 12.2 Å². The quantitative estimate of drug-likeness (QED) is 0.287. The summed E-state index contributed by atoms with van der Waals surface area (Å²) >= 11 is 0. The van der Waals surface area contributed by atoms with Crippen LogP contribution in [0.4, 0.5) is 4.79 Å². The van der Waals surface area contributed by atoms with Gasteiger partial charge in [0.25, 0.3) is 0 Å². The second kappa shape index (κ2) is 14.5. The molecule has 1 rings (SSSR count). The van der Waals surface area contributed by atoms with Crippen molar-refractivity contribution in [3.63, 3.8) is 0 Å². The largest absolute Gasteiger partial charge is 0.467 e. The van der Waals surface area contributed by atoms with E-state index in [-0.39, 0.29) is 19.4 Å². The van der Waals surface area contributed by atoms with Crippen LogP contribution < -0.4 is 10.6 Å². The van der Waals surface area contributed by atoms with Crippen LogP contribution in [-0.2, 0) is 52.4 Å². The van der Waals surface area contributed by atoms with Crippen LogP contribution in [0.1, 0.15) is 61.3 Å². The SMILES string of the molecule is COC(=O)[C@@H](CC[C@@H]1O[C@H](COC(C)=O)[C@@H](OC(C)=O)[C@H](OC(C)=O)[C@H]1NC(C)=O)NC(=O)OC(C)(C)C. The second-order valence-electron chi connectivity index (χ2n) is 9.69. The number of hydrogen-bond acceptors (Lipinski definition) is 12. The second-order valence-corrected chi connectivity index (χ2v) is 9.69. The number of nitrogens with one attached hydrogen (secondary N) is 2. The van der Waals surface area contributed by atoms with Crippen LogP contribution in [0.3, 0.4) is 0 Å². The van der Waals surface area contributed by atoms with E-state index in [1.807, 2.05) is 0 Å². The summed E-state index contributed by atoms with van der Waals surface area (Å²) in [5.74, 6) is -3.35. The van der Waals surface area contributed by atoms with E-state index in [9.17, 15) is 28.8 Å². The molecule has 216 valence electrons. The summed E-state index contributed by atoms with van der Waals surface area (Å²) in [6.07, 6.45) is -5.37. The Kier molecular flexibility index (Phi) is 12.4. The van der Waals surface area contributed by atoms with Crippen molar-refractivity contribution in [2.24, 2.45) is 0 Å². The number of rotatable bonds is 10. The lowest BCUT2D eigenvalue weighted by atomic mass is 9.89. The molecule has 1 fully saturated rings. The molecule has 2 N–H and O–H groups in total. The average Bonchev–Trinajstić information content (AvgIpc) is 2.75. The number of methoxy groups -OCH3 is 1. The molecular weight excluding hydrogens is 508 g/mol. The smallest absolute Gasteiger partial charge is 0.408 e. The van der Waals surface area contributed by atoms with Crippen molar-refractivity contribution >= 4 is 35.9 Å². The Hall–Kier alpha value is -3.42. The highest BCUT2D eigenvalue weighted by Crippen LogP contribution is 2.30. The highest BCUT2D eigenvalue weighted by atomic mass is 16.6. The Morgan fingerprint density at radius 3 is 1.92 bits per heavy atom. The lowest BCUT2D eigenvalue weighted by Gasteiger charge is -2.45. The minimum atomic E-state index is -1.24. The summed E-state index contributed by atoms with van der Waals surface area (Å²) in [5, 5.41) is 5.09. The zero-order valence-electron chi connectivity index (χ0n) is 23.0. The van der Waals surface area contributed by atoms with Gasteiger partial charge in [-0.3, -0.25) is 19.2 Å². The van der Waals surface area contributed by atoms with Crippen LogP contribution in [-0.4, -0.2) is 91.7 Å². The summed E-state index contributed by atoms with van der Waals surface area (Å²) in [7, 11) is 1.15. The van der Waals surface area contributed by atoms with Crippen molar-refractivity contribution in [3.8, 4) is 0 Å².